The molecule has 12 heteroatoms. The number of nitrogens with one attached hydrogen (secondary N) is 2. The first-order chi connectivity index (χ1) is 15.3. The van der Waals surface area contributed by atoms with E-state index in [-0.39, 0.29) is 17.3 Å². The maximum Gasteiger partial charge on any atom is 0.425 e. The molecule has 1 aromatic heterocycles. The average Bonchev–Trinajstić information content (AvgIpc) is 2.68. The van der Waals surface area contributed by atoms with Crippen LogP contribution in [-0.4, -0.2) is 45.7 Å². The largest absolute Gasteiger partial charge is 0.494 e. The smallest absolute Gasteiger partial charge is 0.425 e. The molecule has 0 aliphatic heterocycles. The lowest BCUT2D eigenvalue weighted by Gasteiger charge is -2.21. The minimum Gasteiger partial charge on any atom is -0.494 e. The molecule has 0 spiro atoms. The highest BCUT2D eigenvalue weighted by atomic mass is 32.2. The van der Waals surface area contributed by atoms with Crippen molar-refractivity contribution in [3.63, 3.8) is 0 Å². The van der Waals surface area contributed by atoms with Crippen LogP contribution in [0.5, 0.6) is 11.5 Å². The van der Waals surface area contributed by atoms with Crippen molar-refractivity contribution in [2.24, 2.45) is 0 Å². The number of hydrogen-bond donors (Lipinski definition) is 2. The molecule has 3 rings (SSSR count). The molecule has 0 amide bonds. The van der Waals surface area contributed by atoms with Crippen molar-refractivity contribution in [3.05, 3.63) is 42.0 Å². The Hall–Kier alpha value is -3.28. The fourth-order valence-corrected chi connectivity index (χ4v) is 3.76. The van der Waals surface area contributed by atoms with E-state index in [1.54, 1.807) is 13.0 Å². The van der Waals surface area contributed by atoms with Crippen molar-refractivity contribution in [3.8, 4) is 11.5 Å². The predicted octanol–water partition coefficient (Wildman–Crippen LogP) is 4.83. The van der Waals surface area contributed by atoms with Crippen molar-refractivity contribution in [1.29, 1.82) is 0 Å². The summed E-state index contributed by atoms with van der Waals surface area (Å²) >= 11 is 0. The topological polar surface area (TPSA) is 85.4 Å². The summed E-state index contributed by atoms with van der Waals surface area (Å²) in [4.78, 5) is 8.42. The maximum atomic E-state index is 13.8. The van der Waals surface area contributed by atoms with E-state index in [1.165, 1.54) is 25.8 Å². The predicted molar refractivity (Wildman–Crippen MR) is 121 cm³/mol. The van der Waals surface area contributed by atoms with Crippen molar-refractivity contribution < 1.29 is 31.2 Å². The number of nitrogens with zero attached hydrogens (tertiary/aromatic N) is 2. The van der Waals surface area contributed by atoms with Crippen LogP contribution >= 0.6 is 0 Å². The van der Waals surface area contributed by atoms with Gasteiger partial charge in [-0.1, -0.05) is 0 Å². The molecule has 0 saturated heterocycles. The van der Waals surface area contributed by atoms with Gasteiger partial charge >= 0.3 is 6.18 Å². The van der Waals surface area contributed by atoms with Gasteiger partial charge in [0.05, 0.1) is 24.0 Å². The number of methoxy groups -OCH3 is 1. The second kappa shape index (κ2) is 8.93. The Balaban J connectivity index is 2.11. The van der Waals surface area contributed by atoms with Gasteiger partial charge in [-0.3, -0.25) is 0 Å². The first kappa shape index (κ1) is 24.4. The molecular weight excluding hydrogens is 464 g/mol. The SMILES string of the molecule is C=S(C)(=O)Nc1cc2ncnc(Nc3ccc(F)cc3OC(C)C(F)(F)F)c2c(C)c1OC. The number of hydrogen-bond acceptors (Lipinski definition) is 6. The van der Waals surface area contributed by atoms with Gasteiger partial charge < -0.3 is 19.5 Å². The summed E-state index contributed by atoms with van der Waals surface area (Å²) < 4.78 is 78.1. The van der Waals surface area contributed by atoms with Gasteiger partial charge in [0.1, 0.15) is 29.5 Å². The number of ether oxygens (including phenoxy) is 2. The van der Waals surface area contributed by atoms with E-state index in [9.17, 15) is 21.8 Å². The van der Waals surface area contributed by atoms with Crippen LogP contribution in [0.1, 0.15) is 12.5 Å². The van der Waals surface area contributed by atoms with E-state index in [2.05, 4.69) is 25.9 Å². The van der Waals surface area contributed by atoms with Gasteiger partial charge in [-0.25, -0.2) is 18.6 Å². The summed E-state index contributed by atoms with van der Waals surface area (Å²) in [6, 6.07) is 4.78. The number of fused-ring (bicyclic) bond motifs is 1. The zero-order valence-electron chi connectivity index (χ0n) is 18.2. The fraction of sp³-hybridized carbons (Fsp3) is 0.286. The van der Waals surface area contributed by atoms with Gasteiger partial charge in [0.25, 0.3) is 0 Å². The van der Waals surface area contributed by atoms with E-state index in [0.29, 0.717) is 27.9 Å². The van der Waals surface area contributed by atoms with Crippen molar-refractivity contribution >= 4 is 43.7 Å². The lowest BCUT2D eigenvalue weighted by molar-refractivity contribution is -0.189. The number of rotatable bonds is 7. The van der Waals surface area contributed by atoms with Gasteiger partial charge in [-0.15, -0.1) is 0 Å². The third-order valence-corrected chi connectivity index (χ3v) is 5.26. The molecule has 33 heavy (non-hydrogen) atoms. The van der Waals surface area contributed by atoms with E-state index in [0.717, 1.165) is 19.1 Å². The minimum absolute atomic E-state index is 0.0717. The molecule has 0 aliphatic rings. The monoisotopic (exact) mass is 486 g/mol. The Morgan fingerprint density at radius 2 is 1.88 bits per heavy atom. The highest BCUT2D eigenvalue weighted by Gasteiger charge is 2.38. The van der Waals surface area contributed by atoms with Crippen molar-refractivity contribution in [2.75, 3.05) is 23.4 Å². The van der Waals surface area contributed by atoms with Gasteiger partial charge in [0.2, 0.25) is 0 Å². The minimum atomic E-state index is -4.63. The highest BCUT2D eigenvalue weighted by Crippen LogP contribution is 2.39. The average molecular weight is 486 g/mol. The number of aromatic nitrogens is 2. The Morgan fingerprint density at radius 1 is 1.18 bits per heavy atom. The number of benzene rings is 2. The molecule has 0 radical (unpaired) electrons. The molecule has 178 valence electrons. The molecule has 0 saturated carbocycles. The summed E-state index contributed by atoms with van der Waals surface area (Å²) in [6.45, 7) is 2.54. The third kappa shape index (κ3) is 5.56. The standard InChI is InChI=1S/C21H22F4N4O3S/c1-11-18-15(9-16(19(11)31-3)29-33(4,5)30)26-10-27-20(18)28-14-7-6-13(22)8-17(14)32-12(2)21(23,24)25/h6-10,12H,4H2,1-3,5H3,(H,29,30)(H,26,27,28). The second-order valence-electron chi connectivity index (χ2n) is 7.37. The van der Waals surface area contributed by atoms with Gasteiger partial charge in [0.15, 0.2) is 6.10 Å². The first-order valence-corrected chi connectivity index (χ1v) is 11.7. The second-order valence-corrected chi connectivity index (χ2v) is 9.59. The van der Waals surface area contributed by atoms with Crippen LogP contribution in [-0.2, 0) is 9.71 Å². The van der Waals surface area contributed by atoms with Crippen LogP contribution in [0, 0.1) is 12.7 Å². The zero-order chi connectivity index (χ0) is 24.6. The van der Waals surface area contributed by atoms with Crippen molar-refractivity contribution in [1.82, 2.24) is 9.97 Å². The van der Waals surface area contributed by atoms with Crippen LogP contribution in [0.15, 0.2) is 30.6 Å². The summed E-state index contributed by atoms with van der Waals surface area (Å²) in [6.07, 6.45) is -4.12. The Labute approximate surface area is 188 Å². The molecule has 1 heterocycles. The van der Waals surface area contributed by atoms with Crippen LogP contribution in [0.25, 0.3) is 10.9 Å². The molecule has 3 aromatic rings. The normalized spacial score (nSPS) is 14.4. The van der Waals surface area contributed by atoms with Gasteiger partial charge in [0, 0.05) is 33.0 Å². The Morgan fingerprint density at radius 3 is 2.48 bits per heavy atom. The Kier molecular flexibility index (Phi) is 6.59. The van der Waals surface area contributed by atoms with E-state index in [4.69, 9.17) is 9.47 Å². The van der Waals surface area contributed by atoms with E-state index in [1.807, 2.05) is 0 Å². The molecule has 2 N–H and O–H groups in total. The fourth-order valence-electron chi connectivity index (χ4n) is 3.14. The number of aryl methyl sites for hydroxylation is 1. The zero-order valence-corrected chi connectivity index (χ0v) is 19.0. The van der Waals surface area contributed by atoms with Crippen LogP contribution < -0.4 is 19.5 Å². The Bertz CT molecular complexity index is 1300. The molecule has 0 bridgehead atoms. The van der Waals surface area contributed by atoms with Gasteiger partial charge in [-0.2, -0.15) is 13.2 Å². The lowest BCUT2D eigenvalue weighted by atomic mass is 10.1. The summed E-state index contributed by atoms with van der Waals surface area (Å²) in [7, 11) is -1.19. The number of anilines is 3. The van der Waals surface area contributed by atoms with E-state index < -0.39 is 27.8 Å². The molecule has 0 aliphatic carbocycles. The number of alkyl halides is 3. The number of halogens is 4. The highest BCUT2D eigenvalue weighted by molar-refractivity contribution is 8.00. The summed E-state index contributed by atoms with van der Waals surface area (Å²) in [5.41, 5.74) is 1.48. The summed E-state index contributed by atoms with van der Waals surface area (Å²) in [5.74, 6) is 3.06. The molecule has 2 aromatic carbocycles. The quantitative estimate of drug-likeness (QED) is 0.368. The van der Waals surface area contributed by atoms with Crippen LogP contribution in [0.2, 0.25) is 0 Å². The lowest BCUT2D eigenvalue weighted by Crippen LogP contribution is -2.31. The molecular formula is C21H22F4N4O3S. The first-order valence-electron chi connectivity index (χ1n) is 9.52. The molecule has 0 fully saturated rings. The molecule has 7 nitrogen and oxygen atoms in total. The van der Waals surface area contributed by atoms with Crippen molar-refractivity contribution in [2.45, 2.75) is 26.1 Å². The van der Waals surface area contributed by atoms with E-state index >= 15 is 0 Å². The van der Waals surface area contributed by atoms with Gasteiger partial charge in [-0.05, 0) is 37.9 Å². The maximum absolute atomic E-state index is 13.8. The summed E-state index contributed by atoms with van der Waals surface area (Å²) in [5, 5.41) is 3.40. The van der Waals surface area contributed by atoms with Crippen LogP contribution in [0.4, 0.5) is 34.8 Å². The van der Waals surface area contributed by atoms with Crippen LogP contribution in [0.3, 0.4) is 0 Å². The molecule has 2 atom stereocenters. The third-order valence-electron chi connectivity index (χ3n) is 4.61. The molecule has 2 unspecified atom stereocenters.